The van der Waals surface area contributed by atoms with E-state index in [1.54, 1.807) is 0 Å². The molecule has 0 saturated heterocycles. The third-order valence-corrected chi connectivity index (χ3v) is 15.9. The minimum atomic E-state index is -4.98. The van der Waals surface area contributed by atoms with E-state index in [2.05, 4.69) is 95.0 Å². The van der Waals surface area contributed by atoms with Crippen LogP contribution in [0.25, 0.3) is 0 Å². The Kier molecular flexibility index (Phi) is 118. The summed E-state index contributed by atoms with van der Waals surface area (Å²) in [6, 6.07) is 0. The maximum absolute atomic E-state index is 7.94. The Balaban J connectivity index is -0.0000000209. The van der Waals surface area contributed by atoms with E-state index in [4.69, 9.17) is 119 Å². The molecule has 0 aliphatic carbocycles. The number of rotatable bonds is 13. The van der Waals surface area contributed by atoms with Gasteiger partial charge in [-0.1, -0.05) is 13.9 Å². The Hall–Kier alpha value is -1.77. The summed E-state index contributed by atoms with van der Waals surface area (Å²) in [6.45, 7) is 24.5. The van der Waals surface area contributed by atoms with Crippen LogP contribution in [0.2, 0.25) is 52.4 Å². The average Bonchev–Trinajstić information content (AvgIpc) is 2.89. The molecule has 0 radical (unpaired) electrons. The molecular weight excluding hydrogens is 1100 g/mol. The second-order valence-electron chi connectivity index (χ2n) is 11.2. The first kappa shape index (κ1) is 126. The van der Waals surface area contributed by atoms with Gasteiger partial charge < -0.3 is 166 Å². The van der Waals surface area contributed by atoms with Gasteiger partial charge in [0, 0.05) is 22.7 Å². The van der Waals surface area contributed by atoms with Gasteiger partial charge in [0.1, 0.15) is 0 Å². The van der Waals surface area contributed by atoms with Gasteiger partial charge >= 0.3 is 62.8 Å². The molecule has 0 atom stereocenters. The first-order chi connectivity index (χ1) is 25.3. The Morgan fingerprint density at radius 2 is 0.544 bits per heavy atom. The fraction of sp³-hybridized carbons (Fsp3) is 0.600. The maximum Gasteiger partial charge on any atom is 0.758 e. The largest absolute Gasteiger partial charge is 0.758 e. The molecule has 36 N–H and O–H groups in total. The molecule has 68 heavy (non-hydrogen) atoms. The van der Waals surface area contributed by atoms with Gasteiger partial charge in [0.2, 0.25) is 0 Å². The maximum atomic E-state index is 7.94. The zero-order chi connectivity index (χ0) is 49.7. The minimum absolute atomic E-state index is 0. The molecule has 0 aromatic rings. The predicted molar refractivity (Wildman–Crippen MR) is 268 cm³/mol. The summed E-state index contributed by atoms with van der Waals surface area (Å²) in [4.78, 5) is 136. The Morgan fingerprint density at radius 1 is 0.382 bits per heavy atom. The standard InChI is InChI=1S/C8H16O4Si.C8H24O2Si3.C4H2.2C2H2.CH4.H6O7Si2.3H4O4Si.9H2O.2H2/c1-5-9-13(10-6-2,11-7-3)12-8-4;1-11(2,3)9-13(7,8)10-12(4,5)6;1-3-4-2;2*1-2;;1-8(2,3)7-9(4,5)6;3*1-5(2,3)4;;;;;;;;;;;/h1H,6-8H2,2-4H3;1-8H3;1-2H;2*1-2H;1H4;1-6H;3*1-4H;9*1H2;2*1H. The van der Waals surface area contributed by atoms with Gasteiger partial charge in [-0.15, -0.1) is 38.5 Å². The monoisotopic (exact) mass is 1190 g/mol. The van der Waals surface area contributed by atoms with Crippen LogP contribution in [0.5, 0.6) is 0 Å². The minimum Gasteiger partial charge on any atom is -0.437 e. The summed E-state index contributed by atoms with van der Waals surface area (Å²) in [5.41, 5.74) is 0. The Bertz CT molecular complexity index is 1020. The number of hydrogen-bond donors (Lipinski definition) is 18. The summed E-state index contributed by atoms with van der Waals surface area (Å²) in [5, 5.41) is 0. The molecule has 0 saturated carbocycles. The normalized spacial score (nSPS) is 9.62. The number of terminal acetylenes is 5. The summed E-state index contributed by atoms with van der Waals surface area (Å²) in [5.74, 6) is 3.92. The van der Waals surface area contributed by atoms with E-state index in [1.165, 1.54) is 0 Å². The quantitative estimate of drug-likeness (QED) is 0.0601. The fourth-order valence-electron chi connectivity index (χ4n) is 2.50. The van der Waals surface area contributed by atoms with Crippen LogP contribution in [-0.2, 0) is 30.0 Å². The van der Waals surface area contributed by atoms with E-state index < -0.39 is 79.5 Å². The van der Waals surface area contributed by atoms with Crippen molar-refractivity contribution in [1.82, 2.24) is 0 Å². The van der Waals surface area contributed by atoms with E-state index in [0.29, 0.717) is 19.8 Å². The molecule has 0 aliphatic heterocycles. The third kappa shape index (κ3) is 233. The molecule has 43 heteroatoms. The zero-order valence-corrected chi connectivity index (χ0v) is 47.6. The molecule has 0 heterocycles. The predicted octanol–water partition coefficient (Wildman–Crippen LogP) is -13.0. The van der Waals surface area contributed by atoms with Crippen molar-refractivity contribution in [2.75, 3.05) is 19.8 Å². The Labute approximate surface area is 410 Å². The first-order valence-electron chi connectivity index (χ1n) is 15.0. The summed E-state index contributed by atoms with van der Waals surface area (Å²) in [6.07, 6.45) is 32.2. The van der Waals surface area contributed by atoms with Crippen molar-refractivity contribution in [3.8, 4) is 62.9 Å². The lowest BCUT2D eigenvalue weighted by Gasteiger charge is -2.35. The second kappa shape index (κ2) is 63.2. The molecule has 0 aromatic heterocycles. The van der Waals surface area contributed by atoms with Crippen molar-refractivity contribution in [2.24, 2.45) is 0 Å². The van der Waals surface area contributed by atoms with Gasteiger partial charge in [-0.2, -0.15) is 0 Å². The highest BCUT2D eigenvalue weighted by Crippen LogP contribution is 2.19. The molecule has 0 aliphatic rings. The van der Waals surface area contributed by atoms with Crippen molar-refractivity contribution in [2.45, 2.75) is 80.6 Å². The van der Waals surface area contributed by atoms with Crippen LogP contribution in [-0.4, -0.2) is 235 Å². The third-order valence-electron chi connectivity index (χ3n) is 2.61. The SMILES string of the molecule is C.C#C.C#C.C#CC#C.C#CO[Si](OCC)(OCC)OCC.C[Si](C)(C)O[Si](C)(C)O[Si](C)(C)C.O.O.O.O.O.O.O.O.O.O[Si](O)(O)O.O[Si](O)(O)O.O[Si](O)(O)O.O[Si](O)(O)O[Si](O)(O)O.[HH].[HH]. The van der Waals surface area contributed by atoms with Crippen LogP contribution in [0.3, 0.4) is 0 Å². The van der Waals surface area contributed by atoms with Gasteiger partial charge in [0.25, 0.3) is 0 Å². The van der Waals surface area contributed by atoms with E-state index in [9.17, 15) is 0 Å². The Morgan fingerprint density at radius 3 is 0.618 bits per heavy atom. The average molecular weight is 1190 g/mol. The van der Waals surface area contributed by atoms with Crippen molar-refractivity contribution >= 4 is 79.5 Å². The van der Waals surface area contributed by atoms with Crippen LogP contribution in [0.1, 0.15) is 31.1 Å². The van der Waals surface area contributed by atoms with Gasteiger partial charge in [-0.05, 0) is 85.0 Å². The van der Waals surface area contributed by atoms with Gasteiger partial charge in [0.15, 0.2) is 16.6 Å². The molecule has 0 aromatic carbocycles. The molecule has 0 rings (SSSR count). The van der Waals surface area contributed by atoms with E-state index in [-0.39, 0.29) is 59.6 Å². The van der Waals surface area contributed by atoms with Crippen molar-refractivity contribution in [3.63, 3.8) is 0 Å². The van der Waals surface area contributed by atoms with Gasteiger partial charge in [0.05, 0.1) is 6.11 Å². The van der Waals surface area contributed by atoms with Gasteiger partial charge in [-0.3, -0.25) is 0 Å². The zero-order valence-electron chi connectivity index (χ0n) is 38.6. The van der Waals surface area contributed by atoms with E-state index >= 15 is 0 Å². The summed E-state index contributed by atoms with van der Waals surface area (Å²) < 4.78 is 36.2. The van der Waals surface area contributed by atoms with Crippen LogP contribution in [0.15, 0.2) is 0 Å². The van der Waals surface area contributed by atoms with Crippen LogP contribution >= 0.6 is 0 Å². The molecule has 0 fully saturated rings. The lowest BCUT2D eigenvalue weighted by molar-refractivity contribution is 0.000938. The summed E-state index contributed by atoms with van der Waals surface area (Å²) >= 11 is 0. The highest BCUT2D eigenvalue weighted by molar-refractivity contribution is 6.87. The van der Waals surface area contributed by atoms with E-state index in [0.717, 1.165) is 0 Å². The molecular formula is C25H90O34Si9. The number of hydrogen-bond acceptors (Lipinski definition) is 25. The molecule has 0 spiro atoms. The molecule has 0 bridgehead atoms. The highest BCUT2D eigenvalue weighted by atomic mass is 28.5. The molecule has 0 unspecified atom stereocenters. The smallest absolute Gasteiger partial charge is 0.437 e. The highest BCUT2D eigenvalue weighted by Gasteiger charge is 2.47. The van der Waals surface area contributed by atoms with Crippen LogP contribution in [0.4, 0.5) is 0 Å². The van der Waals surface area contributed by atoms with Crippen LogP contribution < -0.4 is 0 Å². The topological polar surface area (TPSA) is 712 Å². The molecule has 430 valence electrons. The van der Waals surface area contributed by atoms with Gasteiger partial charge in [-0.25, -0.2) is 0 Å². The summed E-state index contributed by atoms with van der Waals surface area (Å²) in [7, 11) is -31.5. The van der Waals surface area contributed by atoms with Crippen LogP contribution in [0, 0.1) is 62.9 Å². The lowest BCUT2D eigenvalue weighted by Crippen LogP contribution is -2.53. The first-order valence-corrected chi connectivity index (χ1v) is 35.2. The molecule has 0 amide bonds. The van der Waals surface area contributed by atoms with Crippen molar-refractivity contribution < 1.29 is 169 Å². The second-order valence-corrected chi connectivity index (χ2v) is 32.9. The lowest BCUT2D eigenvalue weighted by atomic mass is 10.7. The van der Waals surface area contributed by atoms with E-state index in [1.807, 2.05) is 38.7 Å². The van der Waals surface area contributed by atoms with Crippen molar-refractivity contribution in [3.05, 3.63) is 0 Å². The fourth-order valence-corrected chi connectivity index (χ4v) is 17.9. The van der Waals surface area contributed by atoms with Crippen molar-refractivity contribution in [1.29, 1.82) is 0 Å². The molecule has 34 nitrogen and oxygen atoms in total.